The zero-order chi connectivity index (χ0) is 14.8. The van der Waals surface area contributed by atoms with Gasteiger partial charge in [0.15, 0.2) is 0 Å². The fraction of sp³-hybridized carbons (Fsp3) is 0.333. The zero-order valence-electron chi connectivity index (χ0n) is 11.2. The van der Waals surface area contributed by atoms with Crippen molar-refractivity contribution in [3.8, 4) is 0 Å². The average molecular weight is 357 g/mol. The summed E-state index contributed by atoms with van der Waals surface area (Å²) in [7, 11) is -2.96. The Morgan fingerprint density at radius 1 is 1.15 bits per heavy atom. The molecule has 0 radical (unpaired) electrons. The molecule has 0 spiro atoms. The Morgan fingerprint density at radius 3 is 2.50 bits per heavy atom. The van der Waals surface area contributed by atoms with Gasteiger partial charge in [0.1, 0.15) is 9.84 Å². The summed E-state index contributed by atoms with van der Waals surface area (Å²) >= 11 is 3.43. The first-order chi connectivity index (χ1) is 9.35. The first-order valence-electron chi connectivity index (χ1n) is 6.40. The molecule has 0 fully saturated rings. The van der Waals surface area contributed by atoms with E-state index in [2.05, 4.69) is 15.9 Å². The molecule has 1 atom stereocenters. The Morgan fingerprint density at radius 2 is 1.80 bits per heavy atom. The summed E-state index contributed by atoms with van der Waals surface area (Å²) in [5, 5.41) is 12.3. The quantitative estimate of drug-likeness (QED) is 0.892. The van der Waals surface area contributed by atoms with Gasteiger partial charge in [0.05, 0.1) is 6.10 Å². The van der Waals surface area contributed by atoms with Crippen LogP contribution < -0.4 is 0 Å². The van der Waals surface area contributed by atoms with Crippen LogP contribution in [0.3, 0.4) is 0 Å². The van der Waals surface area contributed by atoms with E-state index in [-0.39, 0.29) is 5.75 Å². The highest BCUT2D eigenvalue weighted by atomic mass is 79.9. The molecule has 0 saturated heterocycles. The molecule has 0 aromatic heterocycles. The summed E-state index contributed by atoms with van der Waals surface area (Å²) in [6.45, 7) is 0. The lowest BCUT2D eigenvalue weighted by Crippen LogP contribution is -2.05. The minimum Gasteiger partial charge on any atom is -0.388 e. The molecule has 2 aromatic carbocycles. The molecule has 0 aliphatic carbocycles. The molecule has 3 nitrogen and oxygen atoms in total. The molecular formula is C15H17BrO3S. The highest BCUT2D eigenvalue weighted by Crippen LogP contribution is 2.25. The van der Waals surface area contributed by atoms with E-state index in [1.807, 2.05) is 36.4 Å². The smallest absolute Gasteiger partial charge is 0.147 e. The van der Waals surface area contributed by atoms with E-state index < -0.39 is 15.9 Å². The van der Waals surface area contributed by atoms with Crippen molar-refractivity contribution in [2.24, 2.45) is 0 Å². The molecule has 5 heteroatoms. The molecule has 2 aromatic rings. The average Bonchev–Trinajstić information content (AvgIpc) is 2.36. The first kappa shape index (κ1) is 15.5. The minimum atomic E-state index is -2.96. The number of hydrogen-bond donors (Lipinski definition) is 1. The molecule has 1 unspecified atom stereocenters. The maximum atomic E-state index is 11.1. The first-order valence-corrected chi connectivity index (χ1v) is 9.25. The Labute approximate surface area is 127 Å². The number of aliphatic hydroxyl groups excluding tert-OH is 1. The van der Waals surface area contributed by atoms with Gasteiger partial charge < -0.3 is 5.11 Å². The Hall–Kier alpha value is -0.910. The van der Waals surface area contributed by atoms with Gasteiger partial charge in [0.2, 0.25) is 0 Å². The van der Waals surface area contributed by atoms with Crippen molar-refractivity contribution >= 4 is 36.5 Å². The summed E-state index contributed by atoms with van der Waals surface area (Å²) < 4.78 is 23.2. The van der Waals surface area contributed by atoms with Gasteiger partial charge in [-0.2, -0.15) is 0 Å². The molecule has 1 N–H and O–H groups in total. The standard InChI is InChI=1S/C15H17BrO3S/c1-20(18,19)8-2-3-15(17)13-5-4-12-10-14(16)7-6-11(12)9-13/h4-7,9-10,15,17H,2-3,8H2,1H3. The Kier molecular flexibility index (Phi) is 4.83. The summed E-state index contributed by atoms with van der Waals surface area (Å²) in [6, 6.07) is 11.8. The second kappa shape index (κ2) is 6.24. The van der Waals surface area contributed by atoms with Crippen molar-refractivity contribution in [2.75, 3.05) is 12.0 Å². The molecule has 0 heterocycles. The number of fused-ring (bicyclic) bond motifs is 1. The van der Waals surface area contributed by atoms with Crippen LogP contribution in [0.4, 0.5) is 0 Å². The zero-order valence-corrected chi connectivity index (χ0v) is 13.6. The van der Waals surface area contributed by atoms with Crippen LogP contribution >= 0.6 is 15.9 Å². The molecular weight excluding hydrogens is 340 g/mol. The largest absolute Gasteiger partial charge is 0.388 e. The van der Waals surface area contributed by atoms with Crippen LogP contribution in [-0.4, -0.2) is 25.5 Å². The summed E-state index contributed by atoms with van der Waals surface area (Å²) in [5.41, 5.74) is 0.827. The Balaban J connectivity index is 2.10. The van der Waals surface area contributed by atoms with E-state index in [9.17, 15) is 13.5 Å². The van der Waals surface area contributed by atoms with E-state index in [4.69, 9.17) is 0 Å². The molecule has 0 saturated carbocycles. The maximum Gasteiger partial charge on any atom is 0.147 e. The van der Waals surface area contributed by atoms with E-state index in [1.54, 1.807) is 0 Å². The van der Waals surface area contributed by atoms with Crippen LogP contribution in [0.25, 0.3) is 10.8 Å². The molecule has 20 heavy (non-hydrogen) atoms. The van der Waals surface area contributed by atoms with Gasteiger partial charge in [0.25, 0.3) is 0 Å². The fourth-order valence-electron chi connectivity index (χ4n) is 2.15. The van der Waals surface area contributed by atoms with Crippen LogP contribution in [-0.2, 0) is 9.84 Å². The van der Waals surface area contributed by atoms with Crippen molar-refractivity contribution in [1.82, 2.24) is 0 Å². The Bertz CT molecular complexity index is 710. The monoisotopic (exact) mass is 356 g/mol. The SMILES string of the molecule is CS(=O)(=O)CCCC(O)c1ccc2cc(Br)ccc2c1. The predicted octanol–water partition coefficient (Wildman–Crippen LogP) is 3.46. The van der Waals surface area contributed by atoms with E-state index in [0.717, 1.165) is 20.8 Å². The van der Waals surface area contributed by atoms with Crippen molar-refractivity contribution < 1.29 is 13.5 Å². The molecule has 0 aliphatic rings. The van der Waals surface area contributed by atoms with Gasteiger partial charge >= 0.3 is 0 Å². The van der Waals surface area contributed by atoms with Crippen LogP contribution in [0.1, 0.15) is 24.5 Å². The van der Waals surface area contributed by atoms with Gasteiger partial charge in [-0.3, -0.25) is 0 Å². The maximum absolute atomic E-state index is 11.1. The van der Waals surface area contributed by atoms with Gasteiger partial charge in [-0.1, -0.05) is 34.1 Å². The van der Waals surface area contributed by atoms with Gasteiger partial charge in [0, 0.05) is 16.5 Å². The third-order valence-corrected chi connectivity index (χ3v) is 4.73. The molecule has 0 amide bonds. The normalized spacial score (nSPS) is 13.6. The van der Waals surface area contributed by atoms with Crippen LogP contribution in [0.5, 0.6) is 0 Å². The lowest BCUT2D eigenvalue weighted by Gasteiger charge is -2.11. The number of benzene rings is 2. The third-order valence-electron chi connectivity index (χ3n) is 3.20. The summed E-state index contributed by atoms with van der Waals surface area (Å²) in [5.74, 6) is 0.116. The molecule has 0 bridgehead atoms. The van der Waals surface area contributed by atoms with Crippen LogP contribution in [0, 0.1) is 0 Å². The van der Waals surface area contributed by atoms with Crippen LogP contribution in [0.2, 0.25) is 0 Å². The van der Waals surface area contributed by atoms with Gasteiger partial charge in [-0.05, 0) is 47.4 Å². The molecule has 108 valence electrons. The van der Waals surface area contributed by atoms with Crippen molar-refractivity contribution in [2.45, 2.75) is 18.9 Å². The minimum absolute atomic E-state index is 0.116. The van der Waals surface area contributed by atoms with Gasteiger partial charge in [-0.15, -0.1) is 0 Å². The van der Waals surface area contributed by atoms with Gasteiger partial charge in [-0.25, -0.2) is 8.42 Å². The topological polar surface area (TPSA) is 54.4 Å². The highest BCUT2D eigenvalue weighted by Gasteiger charge is 2.10. The van der Waals surface area contributed by atoms with Crippen LogP contribution in [0.15, 0.2) is 40.9 Å². The lowest BCUT2D eigenvalue weighted by molar-refractivity contribution is 0.167. The number of rotatable bonds is 5. The van der Waals surface area contributed by atoms with Crippen molar-refractivity contribution in [3.05, 3.63) is 46.4 Å². The fourth-order valence-corrected chi connectivity index (χ4v) is 3.22. The number of sulfone groups is 1. The highest BCUT2D eigenvalue weighted by molar-refractivity contribution is 9.10. The van der Waals surface area contributed by atoms with E-state index in [0.29, 0.717) is 12.8 Å². The number of halogens is 1. The summed E-state index contributed by atoms with van der Waals surface area (Å²) in [6.07, 6.45) is 1.52. The second-order valence-corrected chi connectivity index (χ2v) is 8.21. The van der Waals surface area contributed by atoms with Crippen molar-refractivity contribution in [3.63, 3.8) is 0 Å². The van der Waals surface area contributed by atoms with E-state index >= 15 is 0 Å². The summed E-state index contributed by atoms with van der Waals surface area (Å²) in [4.78, 5) is 0. The molecule has 2 rings (SSSR count). The third kappa shape index (κ3) is 4.30. The second-order valence-electron chi connectivity index (χ2n) is 5.04. The number of aliphatic hydroxyl groups is 1. The van der Waals surface area contributed by atoms with Crippen molar-refractivity contribution in [1.29, 1.82) is 0 Å². The van der Waals surface area contributed by atoms with E-state index in [1.165, 1.54) is 6.26 Å². The predicted molar refractivity (Wildman–Crippen MR) is 85.6 cm³/mol. The number of hydrogen-bond acceptors (Lipinski definition) is 3. The lowest BCUT2D eigenvalue weighted by atomic mass is 10.0. The molecule has 0 aliphatic heterocycles.